The molecule has 0 saturated carbocycles. The fourth-order valence-electron chi connectivity index (χ4n) is 2.13. The fourth-order valence-corrected chi connectivity index (χ4v) is 2.13. The Morgan fingerprint density at radius 1 is 1.56 bits per heavy atom. The Balaban J connectivity index is 2.09. The number of aldehydes is 1. The van der Waals surface area contributed by atoms with E-state index in [2.05, 4.69) is 4.98 Å². The largest absolute Gasteiger partial charge is 0.370 e. The minimum absolute atomic E-state index is 0.101. The summed E-state index contributed by atoms with van der Waals surface area (Å²) in [5.41, 5.74) is 1.61. The summed E-state index contributed by atoms with van der Waals surface area (Å²) in [6.45, 7) is 0.812. The van der Waals surface area contributed by atoms with Gasteiger partial charge >= 0.3 is 0 Å². The third-order valence-electron chi connectivity index (χ3n) is 2.94. The second kappa shape index (κ2) is 3.72. The average molecular weight is 216 g/mol. The van der Waals surface area contributed by atoms with Crippen molar-refractivity contribution in [3.63, 3.8) is 0 Å². The highest BCUT2D eigenvalue weighted by atomic mass is 16.5. The molecule has 0 N–H and O–H groups in total. The molecule has 0 amide bonds. The molecule has 0 aromatic carbocycles. The van der Waals surface area contributed by atoms with Crippen LogP contribution in [0.1, 0.15) is 35.1 Å². The van der Waals surface area contributed by atoms with Gasteiger partial charge in [0, 0.05) is 18.4 Å². The number of hydrogen-bond acceptors (Lipinski definition) is 3. The van der Waals surface area contributed by atoms with E-state index in [1.165, 1.54) is 0 Å². The minimum Gasteiger partial charge on any atom is -0.370 e. The lowest BCUT2D eigenvalue weighted by Crippen LogP contribution is -2.02. The van der Waals surface area contributed by atoms with Crippen molar-refractivity contribution < 1.29 is 9.53 Å². The van der Waals surface area contributed by atoms with E-state index in [1.807, 2.05) is 16.7 Å². The maximum Gasteiger partial charge on any atom is 0.150 e. The first-order valence-electron chi connectivity index (χ1n) is 5.42. The Hall–Kier alpha value is -1.68. The molecule has 4 heteroatoms. The van der Waals surface area contributed by atoms with Crippen molar-refractivity contribution in [1.29, 1.82) is 0 Å². The number of hydrogen-bond donors (Lipinski definition) is 0. The highest BCUT2D eigenvalue weighted by molar-refractivity contribution is 5.77. The zero-order valence-electron chi connectivity index (χ0n) is 8.80. The van der Waals surface area contributed by atoms with E-state index in [4.69, 9.17) is 4.74 Å². The Morgan fingerprint density at radius 2 is 2.50 bits per heavy atom. The van der Waals surface area contributed by atoms with Crippen LogP contribution in [0, 0.1) is 0 Å². The van der Waals surface area contributed by atoms with Gasteiger partial charge < -0.3 is 9.14 Å². The van der Waals surface area contributed by atoms with Crippen LogP contribution in [0.15, 0.2) is 24.5 Å². The lowest BCUT2D eigenvalue weighted by molar-refractivity contribution is 0.104. The van der Waals surface area contributed by atoms with Gasteiger partial charge in [0.15, 0.2) is 0 Å². The molecule has 0 spiro atoms. The van der Waals surface area contributed by atoms with Crippen molar-refractivity contribution in [2.45, 2.75) is 18.9 Å². The van der Waals surface area contributed by atoms with Gasteiger partial charge in [-0.25, -0.2) is 4.98 Å². The molecule has 82 valence electrons. The molecule has 2 aromatic heterocycles. The molecule has 2 aromatic rings. The first-order valence-corrected chi connectivity index (χ1v) is 5.42. The minimum atomic E-state index is 0.101. The first kappa shape index (κ1) is 9.54. The van der Waals surface area contributed by atoms with E-state index in [1.54, 1.807) is 12.3 Å². The molecule has 0 bridgehead atoms. The van der Waals surface area contributed by atoms with E-state index >= 15 is 0 Å². The summed E-state index contributed by atoms with van der Waals surface area (Å²) in [6, 6.07) is 3.62. The van der Waals surface area contributed by atoms with Gasteiger partial charge in [0.05, 0.1) is 11.7 Å². The van der Waals surface area contributed by atoms with Crippen LogP contribution in [0.25, 0.3) is 5.52 Å². The van der Waals surface area contributed by atoms with Crippen molar-refractivity contribution in [1.82, 2.24) is 9.38 Å². The van der Waals surface area contributed by atoms with Gasteiger partial charge in [0.25, 0.3) is 0 Å². The number of aromatic nitrogens is 2. The predicted octanol–water partition coefficient (Wildman–Crippen LogP) is 2.00. The first-order chi connectivity index (χ1) is 7.88. The molecular weight excluding hydrogens is 204 g/mol. The lowest BCUT2D eigenvalue weighted by Gasteiger charge is -2.07. The smallest absolute Gasteiger partial charge is 0.150 e. The van der Waals surface area contributed by atoms with E-state index in [0.717, 1.165) is 37.1 Å². The van der Waals surface area contributed by atoms with E-state index in [-0.39, 0.29) is 6.10 Å². The summed E-state index contributed by atoms with van der Waals surface area (Å²) in [4.78, 5) is 15.0. The van der Waals surface area contributed by atoms with Crippen LogP contribution in [-0.2, 0) is 4.74 Å². The Labute approximate surface area is 92.9 Å². The van der Waals surface area contributed by atoms with Crippen LogP contribution >= 0.6 is 0 Å². The third kappa shape index (κ3) is 1.42. The number of rotatable bonds is 2. The normalized spacial score (nSPS) is 20.4. The molecule has 0 radical (unpaired) electrons. The van der Waals surface area contributed by atoms with E-state index in [0.29, 0.717) is 5.56 Å². The summed E-state index contributed by atoms with van der Waals surface area (Å²) in [7, 11) is 0. The molecule has 0 aliphatic carbocycles. The van der Waals surface area contributed by atoms with Gasteiger partial charge in [-0.3, -0.25) is 4.79 Å². The predicted molar refractivity (Wildman–Crippen MR) is 58.5 cm³/mol. The van der Waals surface area contributed by atoms with Crippen LogP contribution in [0.3, 0.4) is 0 Å². The van der Waals surface area contributed by atoms with E-state index < -0.39 is 0 Å². The van der Waals surface area contributed by atoms with Gasteiger partial charge in [-0.15, -0.1) is 0 Å². The number of ether oxygens (including phenoxy) is 1. The van der Waals surface area contributed by atoms with Gasteiger partial charge in [-0.1, -0.05) is 0 Å². The number of nitrogens with zero attached hydrogens (tertiary/aromatic N) is 2. The third-order valence-corrected chi connectivity index (χ3v) is 2.94. The Kier molecular flexibility index (Phi) is 2.22. The Bertz CT molecular complexity index is 527. The summed E-state index contributed by atoms with van der Waals surface area (Å²) >= 11 is 0. The Morgan fingerprint density at radius 3 is 3.25 bits per heavy atom. The molecule has 16 heavy (non-hydrogen) atoms. The molecule has 3 heterocycles. The molecule has 1 fully saturated rings. The van der Waals surface area contributed by atoms with Crippen LogP contribution in [0.4, 0.5) is 0 Å². The van der Waals surface area contributed by atoms with Crippen LogP contribution < -0.4 is 0 Å². The molecule has 4 nitrogen and oxygen atoms in total. The standard InChI is InChI=1S/C12H12N2O2/c15-8-9-3-4-14-10(6-9)7-13-12(14)11-2-1-5-16-11/h3-4,6-8,11H,1-2,5H2. The number of pyridine rings is 1. The number of imidazole rings is 1. The monoisotopic (exact) mass is 216 g/mol. The topological polar surface area (TPSA) is 43.6 Å². The van der Waals surface area contributed by atoms with E-state index in [9.17, 15) is 4.79 Å². The van der Waals surface area contributed by atoms with Gasteiger partial charge in [0.2, 0.25) is 0 Å². The average Bonchev–Trinajstić information content (AvgIpc) is 2.96. The second-order valence-corrected chi connectivity index (χ2v) is 3.99. The van der Waals surface area contributed by atoms with Gasteiger partial charge in [-0.05, 0) is 25.0 Å². The van der Waals surface area contributed by atoms with Crippen LogP contribution in [0.5, 0.6) is 0 Å². The number of carbonyl (C=O) groups is 1. The highest BCUT2D eigenvalue weighted by Gasteiger charge is 2.21. The maximum atomic E-state index is 10.7. The SMILES string of the molecule is O=Cc1ccn2c(C3CCCO3)ncc2c1. The molecule has 1 aliphatic heterocycles. The van der Waals surface area contributed by atoms with Crippen LogP contribution in [-0.4, -0.2) is 22.3 Å². The second-order valence-electron chi connectivity index (χ2n) is 3.99. The number of fused-ring (bicyclic) bond motifs is 1. The zero-order valence-corrected chi connectivity index (χ0v) is 8.80. The fraction of sp³-hybridized carbons (Fsp3) is 0.333. The summed E-state index contributed by atoms with van der Waals surface area (Å²) in [5, 5.41) is 0. The summed E-state index contributed by atoms with van der Waals surface area (Å²) in [5.74, 6) is 0.935. The summed E-state index contributed by atoms with van der Waals surface area (Å²) in [6.07, 6.45) is 6.72. The highest BCUT2D eigenvalue weighted by Crippen LogP contribution is 2.27. The zero-order chi connectivity index (χ0) is 11.0. The molecule has 1 aliphatic rings. The van der Waals surface area contributed by atoms with Crippen molar-refractivity contribution in [3.8, 4) is 0 Å². The van der Waals surface area contributed by atoms with Crippen molar-refractivity contribution in [2.75, 3.05) is 6.61 Å². The summed E-state index contributed by atoms with van der Waals surface area (Å²) < 4.78 is 7.60. The lowest BCUT2D eigenvalue weighted by atomic mass is 10.2. The molecule has 1 saturated heterocycles. The van der Waals surface area contributed by atoms with Crippen molar-refractivity contribution in [3.05, 3.63) is 35.9 Å². The quantitative estimate of drug-likeness (QED) is 0.721. The maximum absolute atomic E-state index is 10.7. The van der Waals surface area contributed by atoms with Gasteiger partial charge in [-0.2, -0.15) is 0 Å². The molecule has 1 atom stereocenters. The molecular formula is C12H12N2O2. The van der Waals surface area contributed by atoms with Crippen molar-refractivity contribution >= 4 is 11.8 Å². The molecule has 3 rings (SSSR count). The van der Waals surface area contributed by atoms with Crippen LogP contribution in [0.2, 0.25) is 0 Å². The van der Waals surface area contributed by atoms with Crippen molar-refractivity contribution in [2.24, 2.45) is 0 Å². The number of carbonyl (C=O) groups excluding carboxylic acids is 1. The molecule has 1 unspecified atom stereocenters. The van der Waals surface area contributed by atoms with Gasteiger partial charge in [0.1, 0.15) is 18.2 Å².